The van der Waals surface area contributed by atoms with Crippen molar-refractivity contribution in [2.24, 2.45) is 0 Å². The van der Waals surface area contributed by atoms with Crippen molar-refractivity contribution in [3.8, 4) is 11.5 Å². The number of anilines is 1. The van der Waals surface area contributed by atoms with Gasteiger partial charge in [0.1, 0.15) is 10.8 Å². The highest BCUT2D eigenvalue weighted by Crippen LogP contribution is 2.43. The molecule has 0 saturated carbocycles. The number of sulfonamides is 1. The molecule has 1 aromatic carbocycles. The first kappa shape index (κ1) is 18.1. The summed E-state index contributed by atoms with van der Waals surface area (Å²) in [5.41, 5.74) is 1.85. The van der Waals surface area contributed by atoms with E-state index in [2.05, 4.69) is 14.9 Å². The van der Waals surface area contributed by atoms with Crippen molar-refractivity contribution >= 4 is 26.4 Å². The number of benzene rings is 1. The van der Waals surface area contributed by atoms with E-state index in [-0.39, 0.29) is 10.8 Å². The third kappa shape index (κ3) is 3.35. The zero-order valence-electron chi connectivity index (χ0n) is 14.6. The van der Waals surface area contributed by atoms with Gasteiger partial charge in [-0.1, -0.05) is 5.16 Å². The Bertz CT molecular complexity index is 1120. The van der Waals surface area contributed by atoms with Crippen LogP contribution >= 0.6 is 11.3 Å². The summed E-state index contributed by atoms with van der Waals surface area (Å²) in [5, 5.41) is 4.20. The molecule has 7 nitrogen and oxygen atoms in total. The number of aryl methyl sites for hydroxylation is 2. The molecule has 27 heavy (non-hydrogen) atoms. The molecule has 0 radical (unpaired) electrons. The first-order valence-electron chi connectivity index (χ1n) is 8.17. The van der Waals surface area contributed by atoms with Crippen LogP contribution in [0.1, 0.15) is 21.8 Å². The molecule has 3 aromatic rings. The second-order valence-corrected chi connectivity index (χ2v) is 8.93. The van der Waals surface area contributed by atoms with E-state index >= 15 is 0 Å². The predicted molar refractivity (Wildman–Crippen MR) is 97.7 cm³/mol. The second kappa shape index (κ2) is 6.70. The molecule has 10 heteroatoms. The molecule has 1 aliphatic rings. The van der Waals surface area contributed by atoms with Gasteiger partial charge in [-0.05, 0) is 49.6 Å². The van der Waals surface area contributed by atoms with E-state index in [0.717, 1.165) is 16.5 Å². The van der Waals surface area contributed by atoms with Crippen LogP contribution in [-0.2, 0) is 27.8 Å². The van der Waals surface area contributed by atoms with E-state index in [1.54, 1.807) is 13.8 Å². The Balaban J connectivity index is 1.81. The van der Waals surface area contributed by atoms with E-state index in [0.29, 0.717) is 41.6 Å². The van der Waals surface area contributed by atoms with Crippen LogP contribution in [0.2, 0.25) is 0 Å². The van der Waals surface area contributed by atoms with Crippen LogP contribution in [-0.4, -0.2) is 25.2 Å². The Morgan fingerprint density at radius 1 is 1.30 bits per heavy atom. The van der Waals surface area contributed by atoms with E-state index < -0.39 is 15.8 Å². The quantitative estimate of drug-likeness (QED) is 0.709. The maximum absolute atomic E-state index is 13.4. The number of fused-ring (bicyclic) bond motifs is 1. The lowest BCUT2D eigenvalue weighted by Crippen LogP contribution is -2.14. The highest BCUT2D eigenvalue weighted by Gasteiger charge is 2.29. The fourth-order valence-electron chi connectivity index (χ4n) is 3.02. The summed E-state index contributed by atoms with van der Waals surface area (Å²) in [4.78, 5) is 5.19. The summed E-state index contributed by atoms with van der Waals surface area (Å²) < 4.78 is 52.6. The third-order valence-electron chi connectivity index (χ3n) is 4.22. The van der Waals surface area contributed by atoms with Gasteiger partial charge in [0.05, 0.1) is 23.7 Å². The molecule has 142 valence electrons. The number of nitrogens with zero attached hydrogens (tertiary/aromatic N) is 2. The monoisotopic (exact) mass is 409 g/mol. The molecule has 4 rings (SSSR count). The molecule has 0 atom stereocenters. The highest BCUT2D eigenvalue weighted by molar-refractivity contribution is 7.93. The van der Waals surface area contributed by atoms with Gasteiger partial charge in [-0.25, -0.2) is 12.8 Å². The Morgan fingerprint density at radius 2 is 2.11 bits per heavy atom. The smallest absolute Gasteiger partial charge is 0.262 e. The Morgan fingerprint density at radius 3 is 2.81 bits per heavy atom. The van der Waals surface area contributed by atoms with E-state index in [4.69, 9.17) is 9.26 Å². The maximum Gasteiger partial charge on any atom is 0.262 e. The molecular formula is C17H16FN3O4S2. The van der Waals surface area contributed by atoms with Gasteiger partial charge < -0.3 is 9.26 Å². The minimum Gasteiger partial charge on any atom is -0.376 e. The largest absolute Gasteiger partial charge is 0.376 e. The number of rotatable bonds is 4. The number of thiophene rings is 1. The van der Waals surface area contributed by atoms with Gasteiger partial charge >= 0.3 is 0 Å². The molecule has 0 saturated heterocycles. The van der Waals surface area contributed by atoms with Gasteiger partial charge in [-0.3, -0.25) is 4.72 Å². The van der Waals surface area contributed by atoms with Crippen LogP contribution in [0.5, 0.6) is 0 Å². The molecule has 0 amide bonds. The van der Waals surface area contributed by atoms with Gasteiger partial charge in [0.2, 0.25) is 0 Å². The maximum atomic E-state index is 13.4. The molecule has 3 heterocycles. The van der Waals surface area contributed by atoms with Gasteiger partial charge in [0.25, 0.3) is 15.9 Å². The predicted octanol–water partition coefficient (Wildman–Crippen LogP) is 3.43. The minimum atomic E-state index is -3.92. The summed E-state index contributed by atoms with van der Waals surface area (Å²) in [7, 11) is -3.92. The summed E-state index contributed by atoms with van der Waals surface area (Å²) >= 11 is 1.28. The van der Waals surface area contributed by atoms with Crippen molar-refractivity contribution in [3.63, 3.8) is 0 Å². The van der Waals surface area contributed by atoms with E-state index in [1.807, 2.05) is 0 Å². The number of halogens is 1. The van der Waals surface area contributed by atoms with Crippen molar-refractivity contribution < 1.29 is 22.1 Å². The van der Waals surface area contributed by atoms with Crippen LogP contribution < -0.4 is 4.72 Å². The lowest BCUT2D eigenvalue weighted by molar-refractivity contribution is 0.113. The third-order valence-corrected chi connectivity index (χ3v) is 6.98. The van der Waals surface area contributed by atoms with Crippen molar-refractivity contribution in [3.05, 3.63) is 45.8 Å². The summed E-state index contributed by atoms with van der Waals surface area (Å²) in [5.74, 6) is 0.234. The molecule has 0 fully saturated rings. The summed E-state index contributed by atoms with van der Waals surface area (Å²) in [6.07, 6.45) is 0.625. The van der Waals surface area contributed by atoms with Crippen LogP contribution in [0.25, 0.3) is 11.5 Å². The van der Waals surface area contributed by atoms with Crippen molar-refractivity contribution in [1.82, 2.24) is 10.1 Å². The van der Waals surface area contributed by atoms with Crippen LogP contribution in [0, 0.1) is 19.7 Å². The average Bonchev–Trinajstić information content (AvgIpc) is 3.16. The molecule has 1 N–H and O–H groups in total. The van der Waals surface area contributed by atoms with Crippen molar-refractivity contribution in [1.29, 1.82) is 0 Å². The molecule has 1 aliphatic heterocycles. The van der Waals surface area contributed by atoms with Crippen LogP contribution in [0.3, 0.4) is 0 Å². The minimum absolute atomic E-state index is 0.0131. The summed E-state index contributed by atoms with van der Waals surface area (Å²) in [6.45, 7) is 4.18. The second-order valence-electron chi connectivity index (χ2n) is 6.17. The van der Waals surface area contributed by atoms with E-state index in [1.165, 1.54) is 23.5 Å². The lowest BCUT2D eigenvalue weighted by atomic mass is 10.1. The standard InChI is InChI=1S/C17H16FN3O4S2/c1-9-7-11(18)3-4-14(9)27(22,23)21-17-15(16-19-10(2)20-25-16)12-5-6-24-8-13(12)26-17/h3-4,7,21H,5-6,8H2,1-2H3. The normalized spacial score (nSPS) is 14.2. The Labute approximate surface area is 159 Å². The fraction of sp³-hybridized carbons (Fsp3) is 0.294. The van der Waals surface area contributed by atoms with Crippen LogP contribution in [0.4, 0.5) is 9.39 Å². The topological polar surface area (TPSA) is 94.3 Å². The number of hydrogen-bond acceptors (Lipinski definition) is 7. The average molecular weight is 409 g/mol. The lowest BCUT2D eigenvalue weighted by Gasteiger charge is -2.12. The zero-order chi connectivity index (χ0) is 19.2. The van der Waals surface area contributed by atoms with E-state index in [9.17, 15) is 12.8 Å². The SMILES string of the molecule is Cc1noc(-c2c(NS(=O)(=O)c3ccc(F)cc3C)sc3c2CCOC3)n1. The first-order valence-corrected chi connectivity index (χ1v) is 10.5. The zero-order valence-corrected chi connectivity index (χ0v) is 16.2. The first-order chi connectivity index (χ1) is 12.8. The van der Waals surface area contributed by atoms with Gasteiger partial charge in [0, 0.05) is 4.88 Å². The van der Waals surface area contributed by atoms with Crippen molar-refractivity contribution in [2.45, 2.75) is 31.8 Å². The van der Waals surface area contributed by atoms with Gasteiger partial charge in [-0.15, -0.1) is 11.3 Å². The van der Waals surface area contributed by atoms with Crippen molar-refractivity contribution in [2.75, 3.05) is 11.3 Å². The molecule has 0 unspecified atom stereocenters. The van der Waals surface area contributed by atoms with Gasteiger partial charge in [-0.2, -0.15) is 4.98 Å². The number of hydrogen-bond donors (Lipinski definition) is 1. The molecular weight excluding hydrogens is 393 g/mol. The Kier molecular flexibility index (Phi) is 4.49. The number of aromatic nitrogens is 2. The molecule has 0 aliphatic carbocycles. The van der Waals surface area contributed by atoms with Crippen LogP contribution in [0.15, 0.2) is 27.6 Å². The van der Waals surface area contributed by atoms with Gasteiger partial charge in [0.15, 0.2) is 5.82 Å². The highest BCUT2D eigenvalue weighted by atomic mass is 32.2. The Hall–Kier alpha value is -2.30. The molecule has 0 bridgehead atoms. The number of ether oxygens (including phenoxy) is 1. The number of nitrogens with one attached hydrogen (secondary N) is 1. The molecule has 0 spiro atoms. The summed E-state index contributed by atoms with van der Waals surface area (Å²) in [6, 6.07) is 3.56. The molecule has 2 aromatic heterocycles. The fourth-order valence-corrected chi connectivity index (χ4v) is 5.73.